The summed E-state index contributed by atoms with van der Waals surface area (Å²) < 4.78 is 0.965. The smallest absolute Gasteiger partial charge is 0.147 e. The number of fused-ring (bicyclic) bond motifs is 1. The number of anilines is 1. The number of rotatable bonds is 2. The maximum absolute atomic E-state index is 11.6. The van der Waals surface area contributed by atoms with Gasteiger partial charge in [0.25, 0.3) is 0 Å². The first-order chi connectivity index (χ1) is 9.61. The van der Waals surface area contributed by atoms with Crippen molar-refractivity contribution in [2.75, 3.05) is 4.90 Å². The third-order valence-corrected chi connectivity index (χ3v) is 4.66. The molecule has 1 aromatic carbocycles. The van der Waals surface area contributed by atoms with E-state index in [4.69, 9.17) is 0 Å². The standard InChI is InChI=1S/C16H15BrN2O/c1-10-3-4-13-12(5-10)8-19(16(13)9-20)15-7-18-6-14(17)11(15)2/h3-7,9,16H,8H2,1-2H3. The van der Waals surface area contributed by atoms with E-state index >= 15 is 0 Å². The minimum atomic E-state index is -0.222. The molecule has 2 heterocycles. The van der Waals surface area contributed by atoms with E-state index in [1.807, 2.05) is 13.1 Å². The van der Waals surface area contributed by atoms with Gasteiger partial charge in [0.2, 0.25) is 0 Å². The molecule has 0 saturated carbocycles. The summed E-state index contributed by atoms with van der Waals surface area (Å²) >= 11 is 3.50. The van der Waals surface area contributed by atoms with Gasteiger partial charge >= 0.3 is 0 Å². The highest BCUT2D eigenvalue weighted by molar-refractivity contribution is 9.10. The predicted octanol–water partition coefficient (Wildman–Crippen LogP) is 3.72. The number of benzene rings is 1. The van der Waals surface area contributed by atoms with Crippen LogP contribution < -0.4 is 4.90 Å². The molecule has 2 aromatic rings. The Morgan fingerprint density at radius 3 is 2.90 bits per heavy atom. The van der Waals surface area contributed by atoms with Crippen LogP contribution in [0.4, 0.5) is 5.69 Å². The third kappa shape index (κ3) is 2.04. The van der Waals surface area contributed by atoms with Gasteiger partial charge in [0.1, 0.15) is 12.3 Å². The fourth-order valence-electron chi connectivity index (χ4n) is 2.77. The summed E-state index contributed by atoms with van der Waals surface area (Å²) in [4.78, 5) is 17.9. The molecule has 4 heteroatoms. The van der Waals surface area contributed by atoms with E-state index < -0.39 is 0 Å². The Morgan fingerprint density at radius 2 is 2.15 bits per heavy atom. The second-order valence-corrected chi connectivity index (χ2v) is 6.03. The van der Waals surface area contributed by atoms with Crippen molar-refractivity contribution in [2.24, 2.45) is 0 Å². The lowest BCUT2D eigenvalue weighted by molar-refractivity contribution is -0.108. The molecular weight excluding hydrogens is 316 g/mol. The molecule has 1 atom stereocenters. The Morgan fingerprint density at radius 1 is 1.35 bits per heavy atom. The van der Waals surface area contributed by atoms with Gasteiger partial charge in [0, 0.05) is 17.2 Å². The summed E-state index contributed by atoms with van der Waals surface area (Å²) in [5.41, 5.74) is 5.66. The van der Waals surface area contributed by atoms with E-state index in [1.54, 1.807) is 6.20 Å². The number of aryl methyl sites for hydroxylation is 1. The third-order valence-electron chi connectivity index (χ3n) is 3.86. The summed E-state index contributed by atoms with van der Waals surface area (Å²) in [5, 5.41) is 0. The van der Waals surface area contributed by atoms with Crippen molar-refractivity contribution in [3.63, 3.8) is 0 Å². The summed E-state index contributed by atoms with van der Waals surface area (Å²) in [6, 6.07) is 6.06. The molecule has 0 bridgehead atoms. The number of aromatic nitrogens is 1. The van der Waals surface area contributed by atoms with Gasteiger partial charge in [-0.25, -0.2) is 0 Å². The van der Waals surface area contributed by atoms with Crippen molar-refractivity contribution in [1.82, 2.24) is 4.98 Å². The van der Waals surface area contributed by atoms with Gasteiger partial charge in [0.05, 0.1) is 11.9 Å². The zero-order chi connectivity index (χ0) is 14.3. The summed E-state index contributed by atoms with van der Waals surface area (Å²) in [5.74, 6) is 0. The lowest BCUT2D eigenvalue weighted by Crippen LogP contribution is -2.23. The number of aldehydes is 1. The van der Waals surface area contributed by atoms with Crippen LogP contribution in [0.2, 0.25) is 0 Å². The molecule has 0 aliphatic carbocycles. The Hall–Kier alpha value is -1.68. The average molecular weight is 331 g/mol. The summed E-state index contributed by atoms with van der Waals surface area (Å²) in [7, 11) is 0. The highest BCUT2D eigenvalue weighted by atomic mass is 79.9. The molecule has 20 heavy (non-hydrogen) atoms. The molecule has 1 aliphatic rings. The molecule has 1 aliphatic heterocycles. The van der Waals surface area contributed by atoms with E-state index in [9.17, 15) is 4.79 Å². The zero-order valence-corrected chi connectivity index (χ0v) is 13.0. The van der Waals surface area contributed by atoms with Crippen molar-refractivity contribution in [3.05, 3.63) is 57.3 Å². The van der Waals surface area contributed by atoms with Gasteiger partial charge in [-0.15, -0.1) is 0 Å². The van der Waals surface area contributed by atoms with E-state index in [-0.39, 0.29) is 6.04 Å². The number of carbonyl (C=O) groups is 1. The Bertz CT molecular complexity index is 684. The Balaban J connectivity index is 2.08. The normalized spacial score (nSPS) is 17.1. The van der Waals surface area contributed by atoms with Crippen LogP contribution >= 0.6 is 15.9 Å². The summed E-state index contributed by atoms with van der Waals surface area (Å²) in [6.45, 7) is 4.86. The first-order valence-electron chi connectivity index (χ1n) is 6.53. The van der Waals surface area contributed by atoms with Gasteiger partial charge in [0.15, 0.2) is 0 Å². The molecule has 0 spiro atoms. The lowest BCUT2D eigenvalue weighted by Gasteiger charge is -2.25. The highest BCUT2D eigenvalue weighted by Crippen LogP contribution is 2.39. The maximum Gasteiger partial charge on any atom is 0.147 e. The number of halogens is 1. The van der Waals surface area contributed by atoms with Crippen molar-refractivity contribution in [3.8, 4) is 0 Å². The second-order valence-electron chi connectivity index (χ2n) is 5.18. The van der Waals surface area contributed by atoms with E-state index in [2.05, 4.69) is 50.9 Å². The van der Waals surface area contributed by atoms with Crippen LogP contribution in [0, 0.1) is 13.8 Å². The van der Waals surface area contributed by atoms with Gasteiger partial charge in [-0.3, -0.25) is 4.98 Å². The molecule has 0 amide bonds. The SMILES string of the molecule is Cc1ccc2c(c1)CN(c1cncc(Br)c1C)C2C=O. The zero-order valence-electron chi connectivity index (χ0n) is 11.4. The van der Waals surface area contributed by atoms with Gasteiger partial charge in [-0.05, 0) is 46.5 Å². The number of nitrogens with zero attached hydrogens (tertiary/aromatic N) is 2. The minimum absolute atomic E-state index is 0.222. The monoisotopic (exact) mass is 330 g/mol. The average Bonchev–Trinajstić information content (AvgIpc) is 2.79. The predicted molar refractivity (Wildman–Crippen MR) is 82.8 cm³/mol. The van der Waals surface area contributed by atoms with Gasteiger partial charge < -0.3 is 9.69 Å². The molecule has 1 unspecified atom stereocenters. The van der Waals surface area contributed by atoms with Crippen molar-refractivity contribution < 1.29 is 4.79 Å². The topological polar surface area (TPSA) is 33.2 Å². The van der Waals surface area contributed by atoms with Crippen molar-refractivity contribution >= 4 is 27.9 Å². The van der Waals surface area contributed by atoms with Crippen LogP contribution in [-0.4, -0.2) is 11.3 Å². The van der Waals surface area contributed by atoms with Crippen LogP contribution in [0.1, 0.15) is 28.3 Å². The quantitative estimate of drug-likeness (QED) is 0.787. The molecule has 0 N–H and O–H groups in total. The number of hydrogen-bond donors (Lipinski definition) is 0. The fourth-order valence-corrected chi connectivity index (χ4v) is 3.09. The van der Waals surface area contributed by atoms with Crippen LogP contribution in [0.25, 0.3) is 0 Å². The molecule has 102 valence electrons. The molecule has 0 saturated heterocycles. The van der Waals surface area contributed by atoms with Crippen molar-refractivity contribution in [1.29, 1.82) is 0 Å². The molecular formula is C16H15BrN2O. The summed E-state index contributed by atoms with van der Waals surface area (Å²) in [6.07, 6.45) is 4.62. The van der Waals surface area contributed by atoms with Crippen LogP contribution in [0.3, 0.4) is 0 Å². The maximum atomic E-state index is 11.6. The van der Waals surface area contributed by atoms with Gasteiger partial charge in [-0.1, -0.05) is 23.8 Å². The fraction of sp³-hybridized carbons (Fsp3) is 0.250. The van der Waals surface area contributed by atoms with Crippen LogP contribution in [-0.2, 0) is 11.3 Å². The second kappa shape index (κ2) is 5.02. The number of hydrogen-bond acceptors (Lipinski definition) is 3. The Kier molecular flexibility index (Phi) is 3.34. The molecule has 1 aromatic heterocycles. The lowest BCUT2D eigenvalue weighted by atomic mass is 10.0. The van der Waals surface area contributed by atoms with E-state index in [0.717, 1.165) is 34.1 Å². The number of pyridine rings is 1. The largest absolute Gasteiger partial charge is 0.352 e. The molecule has 3 nitrogen and oxygen atoms in total. The van der Waals surface area contributed by atoms with Crippen LogP contribution in [0.15, 0.2) is 35.1 Å². The van der Waals surface area contributed by atoms with Crippen LogP contribution in [0.5, 0.6) is 0 Å². The minimum Gasteiger partial charge on any atom is -0.352 e. The molecule has 0 radical (unpaired) electrons. The van der Waals surface area contributed by atoms with Gasteiger partial charge in [-0.2, -0.15) is 0 Å². The van der Waals surface area contributed by atoms with E-state index in [1.165, 1.54) is 11.1 Å². The first kappa shape index (κ1) is 13.3. The van der Waals surface area contributed by atoms with Crippen molar-refractivity contribution in [2.45, 2.75) is 26.4 Å². The first-order valence-corrected chi connectivity index (χ1v) is 7.32. The molecule has 0 fully saturated rings. The van der Waals surface area contributed by atoms with E-state index in [0.29, 0.717) is 0 Å². The highest BCUT2D eigenvalue weighted by Gasteiger charge is 2.31. The number of carbonyl (C=O) groups excluding carboxylic acids is 1. The Labute approximate surface area is 126 Å². The molecule has 3 rings (SSSR count).